The monoisotopic (exact) mass is 337 g/mol. The third kappa shape index (κ3) is 4.01. The van der Waals surface area contributed by atoms with Gasteiger partial charge < -0.3 is 10.2 Å². The molecule has 1 aliphatic carbocycles. The highest BCUT2D eigenvalue weighted by Gasteiger charge is 2.36. The summed E-state index contributed by atoms with van der Waals surface area (Å²) < 4.78 is 0. The van der Waals surface area contributed by atoms with Crippen LogP contribution in [-0.4, -0.2) is 22.0 Å². The highest BCUT2D eigenvalue weighted by Crippen LogP contribution is 2.36. The lowest BCUT2D eigenvalue weighted by molar-refractivity contribution is 0.188. The van der Waals surface area contributed by atoms with E-state index >= 15 is 0 Å². The first-order valence-corrected chi connectivity index (χ1v) is 8.96. The second-order valence-corrected chi connectivity index (χ2v) is 7.83. The highest BCUT2D eigenvalue weighted by atomic mass is 16.2. The van der Waals surface area contributed by atoms with Crippen LogP contribution in [0.25, 0.3) is 0 Å². The average molecular weight is 337 g/mol. The Hall–Kier alpha value is -2.36. The molecule has 1 heterocycles. The van der Waals surface area contributed by atoms with Crippen molar-refractivity contribution in [1.29, 1.82) is 0 Å². The summed E-state index contributed by atoms with van der Waals surface area (Å²) in [6.45, 7) is 8.56. The summed E-state index contributed by atoms with van der Waals surface area (Å²) in [5, 5.41) is 3.16. The Kier molecular flexibility index (Phi) is 4.80. The summed E-state index contributed by atoms with van der Waals surface area (Å²) in [5.74, 6) is 0. The zero-order valence-corrected chi connectivity index (χ0v) is 15.5. The zero-order valence-electron chi connectivity index (χ0n) is 15.5. The van der Waals surface area contributed by atoms with E-state index in [1.807, 2.05) is 41.4 Å². The lowest BCUT2D eigenvalue weighted by Gasteiger charge is -2.31. The van der Waals surface area contributed by atoms with Crippen LogP contribution < -0.4 is 5.32 Å². The largest absolute Gasteiger partial charge is 0.322 e. The minimum absolute atomic E-state index is 0.00278. The molecule has 4 heteroatoms. The number of amides is 2. The number of anilines is 1. The number of hydrogen-bond donors (Lipinski definition) is 1. The van der Waals surface area contributed by atoms with E-state index in [2.05, 4.69) is 44.1 Å². The van der Waals surface area contributed by atoms with E-state index in [9.17, 15) is 4.79 Å². The van der Waals surface area contributed by atoms with Gasteiger partial charge in [-0.2, -0.15) is 0 Å². The maximum absolute atomic E-state index is 13.1. The van der Waals surface area contributed by atoms with E-state index < -0.39 is 0 Å². The van der Waals surface area contributed by atoms with Crippen LogP contribution in [0.3, 0.4) is 0 Å². The molecule has 1 aromatic carbocycles. The predicted octanol–water partition coefficient (Wildman–Crippen LogP) is 5.14. The van der Waals surface area contributed by atoms with Gasteiger partial charge in [-0.25, -0.2) is 4.79 Å². The molecule has 3 rings (SSSR count). The van der Waals surface area contributed by atoms with Crippen molar-refractivity contribution in [3.05, 3.63) is 59.9 Å². The van der Waals surface area contributed by atoms with Crippen molar-refractivity contribution in [3.63, 3.8) is 0 Å². The number of para-hydroxylation sites is 1. The van der Waals surface area contributed by atoms with Gasteiger partial charge in [0.25, 0.3) is 0 Å². The summed E-state index contributed by atoms with van der Waals surface area (Å²) in [6, 6.07) is 12.3. The number of aromatic nitrogens is 1. The first-order chi connectivity index (χ1) is 11.9. The van der Waals surface area contributed by atoms with Crippen molar-refractivity contribution in [2.75, 3.05) is 5.32 Å². The van der Waals surface area contributed by atoms with Gasteiger partial charge in [0.05, 0.1) is 6.04 Å². The number of carbonyl (C=O) groups excluding carboxylic acids is 1. The van der Waals surface area contributed by atoms with Gasteiger partial charge in [0.15, 0.2) is 0 Å². The van der Waals surface area contributed by atoms with Gasteiger partial charge in [-0.1, -0.05) is 45.0 Å². The number of urea groups is 1. The topological polar surface area (TPSA) is 45.2 Å². The quantitative estimate of drug-likeness (QED) is 0.840. The van der Waals surface area contributed by atoms with Crippen molar-refractivity contribution in [2.45, 2.75) is 58.0 Å². The fourth-order valence-electron chi connectivity index (χ4n) is 3.22. The van der Waals surface area contributed by atoms with Crippen LogP contribution in [-0.2, 0) is 5.41 Å². The normalized spacial score (nSPS) is 15.5. The molecule has 1 aliphatic rings. The van der Waals surface area contributed by atoms with Gasteiger partial charge in [0, 0.05) is 24.1 Å². The summed E-state index contributed by atoms with van der Waals surface area (Å²) in [7, 11) is 0. The molecule has 2 aromatic rings. The molecule has 0 radical (unpaired) electrons. The molecular formula is C21H27N3O. The second-order valence-electron chi connectivity index (χ2n) is 7.83. The molecule has 0 bridgehead atoms. The predicted molar refractivity (Wildman–Crippen MR) is 102 cm³/mol. The van der Waals surface area contributed by atoms with Crippen LogP contribution in [0.5, 0.6) is 0 Å². The number of pyridine rings is 1. The molecule has 1 N–H and O–H groups in total. The minimum atomic E-state index is -0.0319. The molecule has 2 amide bonds. The van der Waals surface area contributed by atoms with Gasteiger partial charge in [-0.15, -0.1) is 0 Å². The molecule has 1 atom stereocenters. The van der Waals surface area contributed by atoms with E-state index in [0.29, 0.717) is 6.04 Å². The molecule has 4 nitrogen and oxygen atoms in total. The van der Waals surface area contributed by atoms with Crippen LogP contribution in [0, 0.1) is 0 Å². The van der Waals surface area contributed by atoms with Crippen molar-refractivity contribution >= 4 is 11.7 Å². The maximum atomic E-state index is 13.1. The number of carbonyl (C=O) groups is 1. The third-order valence-corrected chi connectivity index (χ3v) is 4.74. The molecular weight excluding hydrogens is 310 g/mol. The molecule has 0 saturated heterocycles. The number of rotatable bonds is 4. The van der Waals surface area contributed by atoms with Crippen molar-refractivity contribution in [2.24, 2.45) is 0 Å². The number of benzene rings is 1. The number of hydrogen-bond acceptors (Lipinski definition) is 2. The van der Waals surface area contributed by atoms with Crippen molar-refractivity contribution in [1.82, 2.24) is 9.88 Å². The smallest absolute Gasteiger partial charge is 0.315 e. The average Bonchev–Trinajstić information content (AvgIpc) is 3.40. The minimum Gasteiger partial charge on any atom is -0.315 e. The second kappa shape index (κ2) is 6.87. The van der Waals surface area contributed by atoms with Gasteiger partial charge in [0.2, 0.25) is 0 Å². The first-order valence-electron chi connectivity index (χ1n) is 8.96. The van der Waals surface area contributed by atoms with Crippen LogP contribution in [0.15, 0.2) is 48.8 Å². The lowest BCUT2D eigenvalue weighted by atomic mass is 9.86. The fraction of sp³-hybridized carbons (Fsp3) is 0.429. The van der Waals surface area contributed by atoms with Crippen molar-refractivity contribution < 1.29 is 4.79 Å². The summed E-state index contributed by atoms with van der Waals surface area (Å²) in [4.78, 5) is 19.3. The summed E-state index contributed by atoms with van der Waals surface area (Å²) in [5.41, 5.74) is 3.08. The first kappa shape index (κ1) is 17.5. The lowest BCUT2D eigenvalue weighted by Crippen LogP contribution is -2.39. The van der Waals surface area contributed by atoms with E-state index in [1.54, 1.807) is 6.20 Å². The number of nitrogens with zero attached hydrogens (tertiary/aromatic N) is 2. The molecule has 25 heavy (non-hydrogen) atoms. The molecule has 1 fully saturated rings. The SMILES string of the molecule is C[C@H](c1cccnc1)N(C(=O)Nc1ccccc1C(C)(C)C)C1CC1. The van der Waals surface area contributed by atoms with E-state index in [1.165, 1.54) is 0 Å². The Morgan fingerprint density at radius 1 is 1.20 bits per heavy atom. The Morgan fingerprint density at radius 3 is 2.52 bits per heavy atom. The number of nitrogens with one attached hydrogen (secondary N) is 1. The van der Waals surface area contributed by atoms with Crippen molar-refractivity contribution in [3.8, 4) is 0 Å². The molecule has 132 valence electrons. The molecule has 0 spiro atoms. The Bertz CT molecular complexity index is 732. The summed E-state index contributed by atoms with van der Waals surface area (Å²) in [6.07, 6.45) is 5.74. The Balaban J connectivity index is 1.84. The van der Waals surface area contributed by atoms with Crippen LogP contribution in [0.1, 0.15) is 57.7 Å². The maximum Gasteiger partial charge on any atom is 0.322 e. The van der Waals surface area contributed by atoms with Crippen LogP contribution in [0.2, 0.25) is 0 Å². The van der Waals surface area contributed by atoms with Gasteiger partial charge in [0.1, 0.15) is 0 Å². The van der Waals surface area contributed by atoms with Gasteiger partial charge >= 0.3 is 6.03 Å². The zero-order chi connectivity index (χ0) is 18.0. The van der Waals surface area contributed by atoms with Crippen LogP contribution >= 0.6 is 0 Å². The van der Waals surface area contributed by atoms with E-state index in [4.69, 9.17) is 0 Å². The Morgan fingerprint density at radius 2 is 1.92 bits per heavy atom. The van der Waals surface area contributed by atoms with E-state index in [-0.39, 0.29) is 17.5 Å². The van der Waals surface area contributed by atoms with Gasteiger partial charge in [-0.3, -0.25) is 4.98 Å². The van der Waals surface area contributed by atoms with Crippen LogP contribution in [0.4, 0.5) is 10.5 Å². The molecule has 0 unspecified atom stereocenters. The molecule has 1 saturated carbocycles. The fourth-order valence-corrected chi connectivity index (χ4v) is 3.22. The molecule has 0 aliphatic heterocycles. The molecule has 1 aromatic heterocycles. The van der Waals surface area contributed by atoms with Gasteiger partial charge in [-0.05, 0) is 48.4 Å². The summed E-state index contributed by atoms with van der Waals surface area (Å²) >= 11 is 0. The third-order valence-electron chi connectivity index (χ3n) is 4.74. The highest BCUT2D eigenvalue weighted by molar-refractivity contribution is 5.91. The van der Waals surface area contributed by atoms with E-state index in [0.717, 1.165) is 29.7 Å². The Labute approximate surface area is 150 Å². The standard InChI is InChI=1S/C21H27N3O/c1-15(16-8-7-13-22-14-16)24(17-11-12-17)20(25)23-19-10-6-5-9-18(19)21(2,3)4/h5-10,13-15,17H,11-12H2,1-4H3,(H,23,25)/t15-/m1/s1.